The van der Waals surface area contributed by atoms with Crippen molar-refractivity contribution in [1.82, 2.24) is 5.32 Å². The van der Waals surface area contributed by atoms with Crippen LogP contribution in [-0.4, -0.2) is 7.05 Å². The summed E-state index contributed by atoms with van der Waals surface area (Å²) in [5.74, 6) is 0. The standard InChI is InChI=1S/C4H8NP/c1-5-3-2-4(3)6/h5H,2,6H2,1H3. The molecule has 2 heteroatoms. The zero-order valence-electron chi connectivity index (χ0n) is 3.78. The Kier molecular flexibility index (Phi) is 0.850. The fourth-order valence-corrected chi connectivity index (χ4v) is 0.744. The first-order valence-electron chi connectivity index (χ1n) is 2.00. The molecule has 34 valence electrons. The second-order valence-corrected chi connectivity index (χ2v) is 2.13. The van der Waals surface area contributed by atoms with E-state index in [0.717, 1.165) is 0 Å². The van der Waals surface area contributed by atoms with Crippen LogP contribution >= 0.6 is 9.24 Å². The van der Waals surface area contributed by atoms with Crippen molar-refractivity contribution < 1.29 is 0 Å². The minimum absolute atomic E-state index is 1.18. The molecule has 0 aromatic carbocycles. The van der Waals surface area contributed by atoms with Crippen molar-refractivity contribution in [3.8, 4) is 0 Å². The third kappa shape index (κ3) is 0.551. The summed E-state index contributed by atoms with van der Waals surface area (Å²) >= 11 is 0. The highest BCUT2D eigenvalue weighted by molar-refractivity contribution is 7.23. The molecule has 6 heavy (non-hydrogen) atoms. The van der Waals surface area contributed by atoms with Crippen LogP contribution in [0.4, 0.5) is 0 Å². The van der Waals surface area contributed by atoms with Crippen LogP contribution in [0.2, 0.25) is 0 Å². The lowest BCUT2D eigenvalue weighted by Crippen LogP contribution is -1.93. The highest BCUT2D eigenvalue weighted by Gasteiger charge is 2.12. The average Bonchev–Trinajstić information content (AvgIpc) is 2.19. The van der Waals surface area contributed by atoms with Gasteiger partial charge in [-0.3, -0.25) is 0 Å². The summed E-state index contributed by atoms with van der Waals surface area (Å²) in [7, 11) is 4.62. The number of rotatable bonds is 1. The van der Waals surface area contributed by atoms with E-state index < -0.39 is 0 Å². The van der Waals surface area contributed by atoms with E-state index in [9.17, 15) is 0 Å². The summed E-state index contributed by atoms with van der Waals surface area (Å²) in [4.78, 5) is 0. The Bertz CT molecular complexity index is 95.7. The topological polar surface area (TPSA) is 12.0 Å². The molecule has 0 amide bonds. The maximum atomic E-state index is 3.05. The van der Waals surface area contributed by atoms with Gasteiger partial charge in [0.25, 0.3) is 0 Å². The maximum absolute atomic E-state index is 3.05. The normalized spacial score (nSPS) is 18.3. The first kappa shape index (κ1) is 4.14. The van der Waals surface area contributed by atoms with Crippen LogP contribution in [0.25, 0.3) is 0 Å². The van der Waals surface area contributed by atoms with Gasteiger partial charge in [0.2, 0.25) is 0 Å². The third-order valence-corrected chi connectivity index (χ3v) is 1.48. The van der Waals surface area contributed by atoms with Crippen LogP contribution in [0.3, 0.4) is 0 Å². The predicted molar refractivity (Wildman–Crippen MR) is 30.4 cm³/mol. The number of allylic oxidation sites excluding steroid dienone is 2. The molecule has 0 saturated heterocycles. The van der Waals surface area contributed by atoms with Gasteiger partial charge in [0, 0.05) is 19.2 Å². The van der Waals surface area contributed by atoms with E-state index >= 15 is 0 Å². The molecule has 1 N–H and O–H groups in total. The fraction of sp³-hybridized carbons (Fsp3) is 0.500. The second kappa shape index (κ2) is 1.23. The molecule has 0 spiro atoms. The van der Waals surface area contributed by atoms with Crippen molar-refractivity contribution >= 4 is 9.24 Å². The van der Waals surface area contributed by atoms with Gasteiger partial charge in [0.1, 0.15) is 0 Å². The van der Waals surface area contributed by atoms with E-state index in [-0.39, 0.29) is 0 Å². The SMILES string of the molecule is CNC1=C(P)C1. The molecule has 0 aromatic heterocycles. The monoisotopic (exact) mass is 101 g/mol. The third-order valence-electron chi connectivity index (χ3n) is 0.932. The zero-order valence-corrected chi connectivity index (χ0v) is 4.94. The Balaban J connectivity index is 2.38. The van der Waals surface area contributed by atoms with Crippen molar-refractivity contribution in [2.45, 2.75) is 6.42 Å². The molecule has 1 rings (SSSR count). The number of hydrogen-bond acceptors (Lipinski definition) is 1. The Hall–Kier alpha value is -0.0300. The quantitative estimate of drug-likeness (QED) is 0.479. The Morgan fingerprint density at radius 2 is 2.33 bits per heavy atom. The molecule has 0 fully saturated rings. The van der Waals surface area contributed by atoms with Gasteiger partial charge in [-0.2, -0.15) is 0 Å². The molecule has 0 radical (unpaired) electrons. The molecule has 1 aliphatic rings. The molecule has 1 nitrogen and oxygen atoms in total. The minimum Gasteiger partial charge on any atom is -0.391 e. The highest BCUT2D eigenvalue weighted by Crippen LogP contribution is 2.32. The molecular formula is C4H8NP. The van der Waals surface area contributed by atoms with Crippen molar-refractivity contribution in [3.63, 3.8) is 0 Å². The summed E-state index contributed by atoms with van der Waals surface area (Å²) in [6, 6.07) is 0. The zero-order chi connectivity index (χ0) is 4.57. The van der Waals surface area contributed by atoms with Gasteiger partial charge >= 0.3 is 0 Å². The molecule has 1 aliphatic carbocycles. The van der Waals surface area contributed by atoms with Crippen molar-refractivity contribution in [1.29, 1.82) is 0 Å². The molecule has 0 aromatic rings. The van der Waals surface area contributed by atoms with E-state index in [1.807, 2.05) is 7.05 Å². The smallest absolute Gasteiger partial charge is 0.0185 e. The Morgan fingerprint density at radius 3 is 2.33 bits per heavy atom. The van der Waals surface area contributed by atoms with Crippen LogP contribution in [0.1, 0.15) is 6.42 Å². The fourth-order valence-electron chi connectivity index (χ4n) is 0.395. The van der Waals surface area contributed by atoms with Gasteiger partial charge in [-0.05, 0) is 5.31 Å². The molecule has 0 saturated carbocycles. The first-order valence-corrected chi connectivity index (χ1v) is 2.57. The Morgan fingerprint density at radius 1 is 1.83 bits per heavy atom. The molecule has 0 bridgehead atoms. The van der Waals surface area contributed by atoms with Crippen LogP contribution in [0.5, 0.6) is 0 Å². The molecule has 0 aliphatic heterocycles. The van der Waals surface area contributed by atoms with E-state index in [4.69, 9.17) is 0 Å². The summed E-state index contributed by atoms with van der Waals surface area (Å²) in [5, 5.41) is 4.48. The van der Waals surface area contributed by atoms with E-state index in [2.05, 4.69) is 14.6 Å². The summed E-state index contributed by atoms with van der Waals surface area (Å²) < 4.78 is 0. The molecule has 1 unspecified atom stereocenters. The first-order chi connectivity index (χ1) is 2.84. The van der Waals surface area contributed by atoms with E-state index in [0.29, 0.717) is 0 Å². The van der Waals surface area contributed by atoms with Gasteiger partial charge in [-0.15, -0.1) is 9.24 Å². The van der Waals surface area contributed by atoms with Crippen LogP contribution < -0.4 is 5.32 Å². The van der Waals surface area contributed by atoms with Gasteiger partial charge in [0.05, 0.1) is 0 Å². The average molecular weight is 101 g/mol. The lowest BCUT2D eigenvalue weighted by atomic mass is 10.8. The largest absolute Gasteiger partial charge is 0.391 e. The number of nitrogens with one attached hydrogen (secondary N) is 1. The van der Waals surface area contributed by atoms with Gasteiger partial charge in [0.15, 0.2) is 0 Å². The molecule has 1 atom stereocenters. The van der Waals surface area contributed by atoms with Crippen LogP contribution in [-0.2, 0) is 0 Å². The Labute approximate surface area is 40.0 Å². The van der Waals surface area contributed by atoms with Gasteiger partial charge in [-0.25, -0.2) is 0 Å². The minimum atomic E-state index is 1.18. The lowest BCUT2D eigenvalue weighted by Gasteiger charge is -1.78. The highest BCUT2D eigenvalue weighted by atomic mass is 31.0. The van der Waals surface area contributed by atoms with E-state index in [1.165, 1.54) is 17.4 Å². The molecule has 0 heterocycles. The summed E-state index contributed by atoms with van der Waals surface area (Å²) in [5.41, 5.74) is 1.39. The van der Waals surface area contributed by atoms with Crippen molar-refractivity contribution in [3.05, 3.63) is 11.0 Å². The lowest BCUT2D eigenvalue weighted by molar-refractivity contribution is 1.04. The van der Waals surface area contributed by atoms with E-state index in [1.54, 1.807) is 0 Å². The summed E-state index contributed by atoms with van der Waals surface area (Å²) in [6.07, 6.45) is 1.18. The maximum Gasteiger partial charge on any atom is 0.0185 e. The second-order valence-electron chi connectivity index (χ2n) is 1.43. The predicted octanol–water partition coefficient (Wildman–Crippen LogP) is 0.696. The van der Waals surface area contributed by atoms with Crippen LogP contribution in [0.15, 0.2) is 11.0 Å². The van der Waals surface area contributed by atoms with Gasteiger partial charge in [-0.1, -0.05) is 0 Å². The van der Waals surface area contributed by atoms with Crippen LogP contribution in [0, 0.1) is 0 Å². The summed E-state index contributed by atoms with van der Waals surface area (Å²) in [6.45, 7) is 0. The number of hydrogen-bond donors (Lipinski definition) is 1. The van der Waals surface area contributed by atoms with Crippen molar-refractivity contribution in [2.24, 2.45) is 0 Å². The van der Waals surface area contributed by atoms with Crippen molar-refractivity contribution in [2.75, 3.05) is 7.05 Å². The van der Waals surface area contributed by atoms with Gasteiger partial charge < -0.3 is 5.32 Å². The molecular weight excluding hydrogens is 93.0 g/mol.